The van der Waals surface area contributed by atoms with Gasteiger partial charge in [-0.05, 0) is 111 Å². The summed E-state index contributed by atoms with van der Waals surface area (Å²) in [5.74, 6) is 0. The summed E-state index contributed by atoms with van der Waals surface area (Å²) in [6, 6.07) is 76.3. The number of aromatic nitrogens is 2. The molecule has 0 radical (unpaired) electrons. The van der Waals surface area contributed by atoms with Crippen LogP contribution in [0.3, 0.4) is 0 Å². The van der Waals surface area contributed by atoms with Crippen molar-refractivity contribution in [2.45, 2.75) is 0 Å². The summed E-state index contributed by atoms with van der Waals surface area (Å²) in [6.45, 7) is 0. The third-order valence-corrected chi connectivity index (χ3v) is 10.7. The van der Waals surface area contributed by atoms with Crippen LogP contribution >= 0.6 is 0 Å². The first kappa shape index (κ1) is 33.1. The summed E-state index contributed by atoms with van der Waals surface area (Å²) in [5, 5.41) is 2.41. The lowest BCUT2D eigenvalue weighted by Crippen LogP contribution is -2.10. The molecule has 0 unspecified atom stereocenters. The highest BCUT2D eigenvalue weighted by Crippen LogP contribution is 2.44. The third kappa shape index (κ3) is 6.12. The van der Waals surface area contributed by atoms with E-state index in [4.69, 9.17) is 0 Å². The lowest BCUT2D eigenvalue weighted by molar-refractivity contribution is 1.18. The van der Waals surface area contributed by atoms with E-state index >= 15 is 0 Å². The Bertz CT molecular complexity index is 2900. The molecule has 3 nitrogen and oxygen atoms in total. The van der Waals surface area contributed by atoms with E-state index in [1.54, 1.807) is 0 Å². The van der Waals surface area contributed by atoms with E-state index in [1.165, 1.54) is 55.2 Å². The van der Waals surface area contributed by atoms with E-state index < -0.39 is 0 Å². The van der Waals surface area contributed by atoms with Crippen LogP contribution in [0.4, 0.5) is 17.1 Å². The minimum atomic E-state index is 1.09. The van der Waals surface area contributed by atoms with Crippen LogP contribution in [0.25, 0.3) is 72.0 Å². The Morgan fingerprint density at radius 2 is 0.732 bits per heavy atom. The number of fused-ring (bicyclic) bond motifs is 3. The minimum Gasteiger partial charge on any atom is -0.310 e. The number of benzene rings is 8. The van der Waals surface area contributed by atoms with Gasteiger partial charge >= 0.3 is 0 Å². The summed E-state index contributed by atoms with van der Waals surface area (Å²) in [5.41, 5.74) is 16.3. The lowest BCUT2D eigenvalue weighted by atomic mass is 10.00. The van der Waals surface area contributed by atoms with Crippen molar-refractivity contribution in [3.05, 3.63) is 225 Å². The quantitative estimate of drug-likeness (QED) is 0.156. The maximum Gasteiger partial charge on any atom is 0.0562 e. The molecule has 3 heteroatoms. The smallest absolute Gasteiger partial charge is 0.0562 e. The first-order chi connectivity index (χ1) is 27.8. The number of rotatable bonds is 8. The first-order valence-electron chi connectivity index (χ1n) is 19.0. The Morgan fingerprint density at radius 1 is 0.321 bits per heavy atom. The SMILES string of the molecule is c1ccc(-c2ccc(-c3ccc(N(c4ccc(-c5ccccc5)cc4)c4cccc5c4c4ccccc4n5-c4ccc(-c5ccncc5)cc4)cc3)cc2)cc1. The standard InChI is InChI=1S/C53H37N3/c1-3-10-38(11-4-1)40-18-20-41(21-19-40)43-24-30-47(31-25-43)55(46-28-22-42(23-29-46)39-12-5-2-6-13-39)51-16-9-17-52-53(51)49-14-7-8-15-50(49)56(52)48-32-26-44(27-33-48)45-34-36-54-37-35-45/h1-37H. The summed E-state index contributed by atoms with van der Waals surface area (Å²) < 4.78 is 2.39. The Hall–Kier alpha value is -7.49. The molecule has 0 N–H and O–H groups in total. The van der Waals surface area contributed by atoms with Gasteiger partial charge in [0.25, 0.3) is 0 Å². The van der Waals surface area contributed by atoms with Crippen LogP contribution in [0.5, 0.6) is 0 Å². The second-order valence-corrected chi connectivity index (χ2v) is 14.0. The molecule has 56 heavy (non-hydrogen) atoms. The molecule has 0 fully saturated rings. The van der Waals surface area contributed by atoms with Gasteiger partial charge in [-0.3, -0.25) is 4.98 Å². The average molecular weight is 716 g/mol. The van der Waals surface area contributed by atoms with Gasteiger partial charge in [0.15, 0.2) is 0 Å². The average Bonchev–Trinajstić information content (AvgIpc) is 3.63. The zero-order chi connectivity index (χ0) is 37.3. The van der Waals surface area contributed by atoms with Crippen molar-refractivity contribution in [1.29, 1.82) is 0 Å². The highest BCUT2D eigenvalue weighted by atomic mass is 15.1. The van der Waals surface area contributed by atoms with Gasteiger partial charge in [-0.25, -0.2) is 0 Å². The molecule has 10 aromatic rings. The Morgan fingerprint density at radius 3 is 1.27 bits per heavy atom. The molecule has 0 spiro atoms. The molecule has 0 aliphatic rings. The van der Waals surface area contributed by atoms with Gasteiger partial charge in [0.2, 0.25) is 0 Å². The van der Waals surface area contributed by atoms with E-state index in [1.807, 2.05) is 12.4 Å². The van der Waals surface area contributed by atoms with Crippen LogP contribution in [-0.4, -0.2) is 9.55 Å². The topological polar surface area (TPSA) is 21.1 Å². The lowest BCUT2D eigenvalue weighted by Gasteiger charge is -2.27. The molecule has 0 bridgehead atoms. The van der Waals surface area contributed by atoms with Gasteiger partial charge in [-0.1, -0.05) is 146 Å². The molecular weight excluding hydrogens is 679 g/mol. The number of pyridine rings is 1. The van der Waals surface area contributed by atoms with Gasteiger partial charge in [-0.2, -0.15) is 0 Å². The molecule has 0 saturated heterocycles. The molecular formula is C53H37N3. The fraction of sp³-hybridized carbons (Fsp3) is 0. The molecule has 0 saturated carbocycles. The maximum atomic E-state index is 4.20. The summed E-state index contributed by atoms with van der Waals surface area (Å²) in [7, 11) is 0. The van der Waals surface area contributed by atoms with Gasteiger partial charge in [-0.15, -0.1) is 0 Å². The zero-order valence-corrected chi connectivity index (χ0v) is 30.7. The van der Waals surface area contributed by atoms with Crippen LogP contribution in [0.2, 0.25) is 0 Å². The molecule has 2 aromatic heterocycles. The van der Waals surface area contributed by atoms with Gasteiger partial charge in [0.1, 0.15) is 0 Å². The van der Waals surface area contributed by atoms with E-state index in [9.17, 15) is 0 Å². The molecule has 0 amide bonds. The van der Waals surface area contributed by atoms with Crippen LogP contribution < -0.4 is 4.90 Å². The molecule has 0 aliphatic heterocycles. The van der Waals surface area contributed by atoms with Crippen molar-refractivity contribution in [3.63, 3.8) is 0 Å². The number of para-hydroxylation sites is 1. The predicted octanol–water partition coefficient (Wildman–Crippen LogP) is 14.3. The van der Waals surface area contributed by atoms with E-state index in [0.717, 1.165) is 33.8 Å². The Balaban J connectivity index is 1.10. The van der Waals surface area contributed by atoms with E-state index in [2.05, 4.69) is 227 Å². The number of anilines is 3. The van der Waals surface area contributed by atoms with Crippen LogP contribution in [0.15, 0.2) is 225 Å². The van der Waals surface area contributed by atoms with Crippen molar-refractivity contribution in [1.82, 2.24) is 9.55 Å². The van der Waals surface area contributed by atoms with Crippen LogP contribution in [0, 0.1) is 0 Å². The molecule has 0 aliphatic carbocycles. The fourth-order valence-corrected chi connectivity index (χ4v) is 7.96. The second kappa shape index (κ2) is 14.4. The maximum absolute atomic E-state index is 4.20. The van der Waals surface area contributed by atoms with E-state index in [0.29, 0.717) is 0 Å². The molecule has 8 aromatic carbocycles. The monoisotopic (exact) mass is 715 g/mol. The molecule has 0 atom stereocenters. The van der Waals surface area contributed by atoms with Crippen LogP contribution in [0.1, 0.15) is 0 Å². The highest BCUT2D eigenvalue weighted by molar-refractivity contribution is 6.16. The van der Waals surface area contributed by atoms with Crippen molar-refractivity contribution < 1.29 is 0 Å². The summed E-state index contributed by atoms with van der Waals surface area (Å²) >= 11 is 0. The number of hydrogen-bond acceptors (Lipinski definition) is 2. The van der Waals surface area contributed by atoms with Gasteiger partial charge in [0, 0.05) is 40.2 Å². The Kier molecular flexibility index (Phi) is 8.51. The predicted molar refractivity (Wildman–Crippen MR) is 235 cm³/mol. The van der Waals surface area contributed by atoms with Crippen molar-refractivity contribution in [3.8, 4) is 50.2 Å². The van der Waals surface area contributed by atoms with Crippen LogP contribution in [-0.2, 0) is 0 Å². The molecule has 264 valence electrons. The normalized spacial score (nSPS) is 11.2. The molecule has 2 heterocycles. The van der Waals surface area contributed by atoms with Crippen molar-refractivity contribution in [2.75, 3.05) is 4.90 Å². The summed E-state index contributed by atoms with van der Waals surface area (Å²) in [4.78, 5) is 6.61. The summed E-state index contributed by atoms with van der Waals surface area (Å²) in [6.07, 6.45) is 3.69. The van der Waals surface area contributed by atoms with Crippen molar-refractivity contribution in [2.24, 2.45) is 0 Å². The first-order valence-corrected chi connectivity index (χ1v) is 19.0. The minimum absolute atomic E-state index is 1.09. The van der Waals surface area contributed by atoms with Gasteiger partial charge in [0.05, 0.1) is 16.7 Å². The molecule has 10 rings (SSSR count). The second-order valence-electron chi connectivity index (χ2n) is 14.0. The van der Waals surface area contributed by atoms with Crippen molar-refractivity contribution >= 4 is 38.9 Å². The number of nitrogens with zero attached hydrogens (tertiary/aromatic N) is 3. The third-order valence-electron chi connectivity index (χ3n) is 10.7. The largest absolute Gasteiger partial charge is 0.310 e. The Labute approximate surface area is 327 Å². The number of hydrogen-bond donors (Lipinski definition) is 0. The van der Waals surface area contributed by atoms with Gasteiger partial charge < -0.3 is 9.47 Å². The highest BCUT2D eigenvalue weighted by Gasteiger charge is 2.21. The fourth-order valence-electron chi connectivity index (χ4n) is 7.96. The zero-order valence-electron chi connectivity index (χ0n) is 30.7. The van der Waals surface area contributed by atoms with E-state index in [-0.39, 0.29) is 0 Å².